The van der Waals surface area contributed by atoms with Crippen LogP contribution < -0.4 is 0 Å². The Hall–Kier alpha value is 1.92. The van der Waals surface area contributed by atoms with Crippen LogP contribution in [0.25, 0.3) is 0 Å². The van der Waals surface area contributed by atoms with Gasteiger partial charge in [0.1, 0.15) is 0 Å². The molecule has 4 nitrogen and oxygen atoms in total. The van der Waals surface area contributed by atoms with E-state index in [0.717, 1.165) is 0 Å². The van der Waals surface area contributed by atoms with Gasteiger partial charge in [-0.3, -0.25) is 0 Å². The molecule has 0 heterocycles. The van der Waals surface area contributed by atoms with Gasteiger partial charge in [0.25, 0.3) is 0 Å². The Morgan fingerprint density at radius 1 is 0.556 bits per heavy atom. The van der Waals surface area contributed by atoms with Crippen LogP contribution in [0.5, 0.6) is 0 Å². The SMILES string of the molecule is O.O.O.O.[Cl][Pb]([Cl])([Cl])[Cl]. The molecule has 9 heavy (non-hydrogen) atoms. The summed E-state index contributed by atoms with van der Waals surface area (Å²) >= 11 is -3.39. The third-order valence-electron chi connectivity index (χ3n) is 0. The molecule has 8 N–H and O–H groups in total. The molecule has 0 aliphatic carbocycles. The van der Waals surface area contributed by atoms with Crippen LogP contribution >= 0.6 is 33.3 Å². The van der Waals surface area contributed by atoms with Crippen molar-refractivity contribution >= 4 is 49.5 Å². The average Bonchev–Trinajstić information content (AvgIpc) is 0.722. The third-order valence-corrected chi connectivity index (χ3v) is 0. The summed E-state index contributed by atoms with van der Waals surface area (Å²) in [6, 6.07) is 0. The number of rotatable bonds is 0. The molecule has 0 aromatic carbocycles. The van der Waals surface area contributed by atoms with E-state index >= 15 is 0 Å². The van der Waals surface area contributed by atoms with Crippen molar-refractivity contribution in [1.29, 1.82) is 0 Å². The molecule has 64 valence electrons. The van der Waals surface area contributed by atoms with Crippen LogP contribution in [0.4, 0.5) is 0 Å². The first-order valence-electron chi connectivity index (χ1n) is 0.756. The Morgan fingerprint density at radius 3 is 0.556 bits per heavy atom. The van der Waals surface area contributed by atoms with Crippen molar-refractivity contribution in [2.75, 3.05) is 0 Å². The molecule has 0 saturated heterocycles. The molecule has 0 atom stereocenters. The van der Waals surface area contributed by atoms with Crippen LogP contribution in [0.15, 0.2) is 0 Å². The predicted octanol–water partition coefficient (Wildman–Crippen LogP) is -0.922. The fourth-order valence-corrected chi connectivity index (χ4v) is 0. The summed E-state index contributed by atoms with van der Waals surface area (Å²) in [6.07, 6.45) is 0. The van der Waals surface area contributed by atoms with Gasteiger partial charge < -0.3 is 21.9 Å². The van der Waals surface area contributed by atoms with Crippen molar-refractivity contribution in [1.82, 2.24) is 0 Å². The van der Waals surface area contributed by atoms with Gasteiger partial charge >= 0.3 is 49.5 Å². The second kappa shape index (κ2) is 12.6. The first kappa shape index (κ1) is 30.7. The Morgan fingerprint density at radius 2 is 0.556 bits per heavy atom. The molecule has 0 aliphatic heterocycles. The Kier molecular flexibility index (Phi) is 42.9. The molecule has 0 amide bonds. The minimum absolute atomic E-state index is 0. The summed E-state index contributed by atoms with van der Waals surface area (Å²) in [4.78, 5) is 0. The van der Waals surface area contributed by atoms with Crippen molar-refractivity contribution in [2.45, 2.75) is 0 Å². The number of hydrogen-bond acceptors (Lipinski definition) is 0. The van der Waals surface area contributed by atoms with Crippen LogP contribution in [-0.4, -0.2) is 38.2 Å². The van der Waals surface area contributed by atoms with Gasteiger partial charge in [-0.05, 0) is 0 Å². The molecular formula is H8Cl4O4Pb. The zero-order valence-corrected chi connectivity index (χ0v) is 10.9. The number of halogens is 4. The molecule has 0 aromatic rings. The fourth-order valence-electron chi connectivity index (χ4n) is 0. The maximum absolute atomic E-state index is 5.05. The molecule has 0 rings (SSSR count). The van der Waals surface area contributed by atoms with E-state index in [4.69, 9.17) is 33.3 Å². The monoisotopic (exact) mass is 420 g/mol. The molecule has 0 aromatic heterocycles. The standard InChI is InChI=1S/4ClH.4H2O.Pb/h4*1H;4*1H2;/q;;;;;;;;+4/p-4. The molecular weight excluding hydrogens is 413 g/mol. The molecule has 0 spiro atoms. The summed E-state index contributed by atoms with van der Waals surface area (Å²) in [7, 11) is 20.2. The van der Waals surface area contributed by atoms with E-state index in [9.17, 15) is 0 Å². The summed E-state index contributed by atoms with van der Waals surface area (Å²) < 4.78 is 0. The summed E-state index contributed by atoms with van der Waals surface area (Å²) in [5.41, 5.74) is 0. The van der Waals surface area contributed by atoms with E-state index in [0.29, 0.717) is 0 Å². The fraction of sp³-hybridized carbons (Fsp3) is 0. The Labute approximate surface area is 70.8 Å². The zero-order chi connectivity index (χ0) is 4.50. The van der Waals surface area contributed by atoms with Crippen LogP contribution in [0, 0.1) is 0 Å². The molecule has 0 aliphatic rings. The van der Waals surface area contributed by atoms with E-state index < -0.39 is 16.3 Å². The van der Waals surface area contributed by atoms with Crippen LogP contribution in [-0.2, 0) is 0 Å². The van der Waals surface area contributed by atoms with Gasteiger partial charge in [0.2, 0.25) is 0 Å². The average molecular weight is 421 g/mol. The van der Waals surface area contributed by atoms with Crippen LogP contribution in [0.1, 0.15) is 0 Å². The molecule has 0 fully saturated rings. The second-order valence-electron chi connectivity index (χ2n) is 0.429. The first-order chi connectivity index (χ1) is 2.00. The molecule has 9 heteroatoms. The second-order valence-corrected chi connectivity index (χ2v) is 33.8. The van der Waals surface area contributed by atoms with Gasteiger partial charge in [-0.1, -0.05) is 0 Å². The molecule has 0 radical (unpaired) electrons. The van der Waals surface area contributed by atoms with E-state index in [-0.39, 0.29) is 21.9 Å². The summed E-state index contributed by atoms with van der Waals surface area (Å²) in [6.45, 7) is 0. The van der Waals surface area contributed by atoms with E-state index in [1.165, 1.54) is 0 Å². The quantitative estimate of drug-likeness (QED) is 0.449. The predicted molar refractivity (Wildman–Crippen MR) is 43.6 cm³/mol. The normalized spacial score (nSPS) is 6.67. The zero-order valence-electron chi connectivity index (χ0n) is 4.01. The topological polar surface area (TPSA) is 126 Å². The number of hydrogen-bond donors (Lipinski definition) is 0. The third kappa shape index (κ3) is 169. The molecule has 0 bridgehead atoms. The van der Waals surface area contributed by atoms with E-state index in [2.05, 4.69) is 0 Å². The minimum atomic E-state index is -3.39. The van der Waals surface area contributed by atoms with Crippen LogP contribution in [0.2, 0.25) is 0 Å². The van der Waals surface area contributed by atoms with Gasteiger partial charge in [0.05, 0.1) is 0 Å². The molecule has 0 unspecified atom stereocenters. The molecule has 0 saturated carbocycles. The van der Waals surface area contributed by atoms with Gasteiger partial charge in [0, 0.05) is 0 Å². The van der Waals surface area contributed by atoms with Gasteiger partial charge in [0.15, 0.2) is 0 Å². The first-order valence-corrected chi connectivity index (χ1v) is 19.9. The van der Waals surface area contributed by atoms with Crippen molar-refractivity contribution in [3.8, 4) is 0 Å². The maximum atomic E-state index is 5.05. The Balaban J connectivity index is -0.0000000133. The summed E-state index contributed by atoms with van der Waals surface area (Å²) in [5, 5.41) is 0. The van der Waals surface area contributed by atoms with Crippen molar-refractivity contribution in [2.24, 2.45) is 0 Å². The van der Waals surface area contributed by atoms with Crippen molar-refractivity contribution in [3.05, 3.63) is 0 Å². The van der Waals surface area contributed by atoms with Gasteiger partial charge in [-0.2, -0.15) is 0 Å². The summed E-state index contributed by atoms with van der Waals surface area (Å²) in [5.74, 6) is 0. The Bertz CT molecular complexity index is 28.0. The van der Waals surface area contributed by atoms with Gasteiger partial charge in [-0.25, -0.2) is 0 Å². The van der Waals surface area contributed by atoms with E-state index in [1.807, 2.05) is 0 Å². The van der Waals surface area contributed by atoms with Crippen molar-refractivity contribution in [3.63, 3.8) is 0 Å². The van der Waals surface area contributed by atoms with Crippen molar-refractivity contribution < 1.29 is 21.9 Å². The van der Waals surface area contributed by atoms with Crippen LogP contribution in [0.3, 0.4) is 0 Å². The van der Waals surface area contributed by atoms with Gasteiger partial charge in [-0.15, -0.1) is 0 Å². The van der Waals surface area contributed by atoms with E-state index in [1.54, 1.807) is 0 Å².